The number of rotatable bonds is 5. The number of esters is 1. The number of ether oxygens (including phenoxy) is 1. The summed E-state index contributed by atoms with van der Waals surface area (Å²) in [5, 5.41) is 11.4. The molecule has 0 amide bonds. The normalized spacial score (nSPS) is 12.5. The van der Waals surface area contributed by atoms with E-state index in [2.05, 4.69) is 5.16 Å². The molecular formula is C15H22FN3O3. The topological polar surface area (TPSA) is 88.2 Å². The third-order valence-corrected chi connectivity index (χ3v) is 2.72. The van der Waals surface area contributed by atoms with E-state index in [0.717, 1.165) is 0 Å². The molecule has 7 heteroatoms. The molecule has 0 unspecified atom stereocenters. The molecule has 0 radical (unpaired) electrons. The monoisotopic (exact) mass is 311 g/mol. The second kappa shape index (κ2) is 7.22. The molecule has 0 atom stereocenters. The maximum atomic E-state index is 14.3. The molecule has 0 aliphatic rings. The van der Waals surface area contributed by atoms with Crippen LogP contribution in [0.2, 0.25) is 0 Å². The second-order valence-corrected chi connectivity index (χ2v) is 6.02. The van der Waals surface area contributed by atoms with Crippen molar-refractivity contribution in [3.63, 3.8) is 0 Å². The molecule has 0 aromatic heterocycles. The molecule has 1 aromatic rings. The largest absolute Gasteiger partial charge is 0.459 e. The highest BCUT2D eigenvalue weighted by Gasteiger charge is 2.19. The highest BCUT2D eigenvalue weighted by atomic mass is 19.1. The molecule has 0 aliphatic heterocycles. The van der Waals surface area contributed by atoms with E-state index in [0.29, 0.717) is 5.56 Å². The Labute approximate surface area is 129 Å². The summed E-state index contributed by atoms with van der Waals surface area (Å²) in [5.41, 5.74) is 5.22. The van der Waals surface area contributed by atoms with Crippen LogP contribution in [0.1, 0.15) is 31.9 Å². The van der Waals surface area contributed by atoms with Crippen molar-refractivity contribution < 1.29 is 19.1 Å². The molecule has 0 spiro atoms. The lowest BCUT2D eigenvalue weighted by molar-refractivity contribution is -0.155. The van der Waals surface area contributed by atoms with E-state index in [1.165, 1.54) is 6.07 Å². The van der Waals surface area contributed by atoms with Crippen LogP contribution in [0.4, 0.5) is 4.39 Å². The quantitative estimate of drug-likeness (QED) is 0.284. The number of likely N-dealkylation sites (N-methyl/N-ethyl adjacent to an activating group) is 1. The molecule has 6 nitrogen and oxygen atoms in total. The van der Waals surface area contributed by atoms with Crippen LogP contribution in [-0.2, 0) is 16.1 Å². The number of halogens is 1. The first kappa shape index (κ1) is 17.9. The summed E-state index contributed by atoms with van der Waals surface area (Å²) in [4.78, 5) is 13.4. The molecule has 0 aliphatic carbocycles. The first-order valence-electron chi connectivity index (χ1n) is 6.79. The molecule has 0 bridgehead atoms. The van der Waals surface area contributed by atoms with Crippen molar-refractivity contribution in [1.29, 1.82) is 0 Å². The predicted octanol–water partition coefficient (Wildman–Crippen LogP) is 1.69. The Bertz CT molecular complexity index is 568. The average Bonchev–Trinajstić information content (AvgIpc) is 2.37. The Hall–Kier alpha value is -2.15. The van der Waals surface area contributed by atoms with Crippen molar-refractivity contribution >= 4 is 11.8 Å². The lowest BCUT2D eigenvalue weighted by Crippen LogP contribution is -2.32. The summed E-state index contributed by atoms with van der Waals surface area (Å²) in [5.74, 6) is -1.26. The smallest absolute Gasteiger partial charge is 0.320 e. The number of carbonyl (C=O) groups excluding carboxylic acids is 1. The lowest BCUT2D eigenvalue weighted by Gasteiger charge is -2.22. The van der Waals surface area contributed by atoms with E-state index in [1.54, 1.807) is 44.9 Å². The minimum Gasteiger partial charge on any atom is -0.459 e. The van der Waals surface area contributed by atoms with Gasteiger partial charge in [-0.25, -0.2) is 4.39 Å². The highest BCUT2D eigenvalue weighted by molar-refractivity contribution is 5.97. The molecule has 1 aromatic carbocycles. The Morgan fingerprint density at radius 1 is 1.45 bits per heavy atom. The van der Waals surface area contributed by atoms with Gasteiger partial charge in [0.25, 0.3) is 0 Å². The fourth-order valence-electron chi connectivity index (χ4n) is 1.89. The minimum atomic E-state index is -0.575. The summed E-state index contributed by atoms with van der Waals surface area (Å²) in [7, 11) is 1.68. The molecule has 0 saturated heterocycles. The van der Waals surface area contributed by atoms with Crippen molar-refractivity contribution in [2.24, 2.45) is 10.9 Å². The molecular weight excluding hydrogens is 289 g/mol. The van der Waals surface area contributed by atoms with Gasteiger partial charge in [0, 0.05) is 12.1 Å². The maximum Gasteiger partial charge on any atom is 0.320 e. The Morgan fingerprint density at radius 3 is 2.64 bits per heavy atom. The highest BCUT2D eigenvalue weighted by Crippen LogP contribution is 2.15. The fourth-order valence-corrected chi connectivity index (χ4v) is 1.89. The predicted molar refractivity (Wildman–Crippen MR) is 81.1 cm³/mol. The third kappa shape index (κ3) is 5.33. The van der Waals surface area contributed by atoms with Gasteiger partial charge in [-0.05, 0) is 33.9 Å². The van der Waals surface area contributed by atoms with Crippen LogP contribution in [0, 0.1) is 5.82 Å². The summed E-state index contributed by atoms with van der Waals surface area (Å²) in [6, 6.07) is 4.60. The fraction of sp³-hybridized carbons (Fsp3) is 0.467. The van der Waals surface area contributed by atoms with E-state index < -0.39 is 11.4 Å². The van der Waals surface area contributed by atoms with Gasteiger partial charge in [-0.2, -0.15) is 0 Å². The standard InChI is InChI=1S/C15H22FN3O3/c1-15(2,3)22-12(20)9-19(4)8-10-6-5-7-11(13(10)16)14(17)18-21/h5-7,21H,8-9H2,1-4H3,(H2,17,18). The first-order valence-corrected chi connectivity index (χ1v) is 6.79. The number of hydrogen-bond acceptors (Lipinski definition) is 5. The van der Waals surface area contributed by atoms with Crippen LogP contribution in [-0.4, -0.2) is 41.1 Å². The van der Waals surface area contributed by atoms with Crippen LogP contribution >= 0.6 is 0 Å². The van der Waals surface area contributed by atoms with E-state index in [1.807, 2.05) is 0 Å². The van der Waals surface area contributed by atoms with Gasteiger partial charge in [0.05, 0.1) is 12.1 Å². The van der Waals surface area contributed by atoms with Crippen LogP contribution in [0.5, 0.6) is 0 Å². The zero-order valence-corrected chi connectivity index (χ0v) is 13.3. The first-order chi connectivity index (χ1) is 10.1. The van der Waals surface area contributed by atoms with Crippen molar-refractivity contribution in [2.45, 2.75) is 32.9 Å². The molecule has 0 heterocycles. The van der Waals surface area contributed by atoms with Crippen LogP contribution in [0.3, 0.4) is 0 Å². The van der Waals surface area contributed by atoms with E-state index in [9.17, 15) is 9.18 Å². The Balaban J connectivity index is 2.77. The number of nitrogens with two attached hydrogens (primary N) is 1. The number of oxime groups is 1. The molecule has 3 N–H and O–H groups in total. The van der Waals surface area contributed by atoms with Gasteiger partial charge in [0.2, 0.25) is 0 Å². The SMILES string of the molecule is CN(CC(=O)OC(C)(C)C)Cc1cccc(/C(N)=N/O)c1F. The third-order valence-electron chi connectivity index (χ3n) is 2.72. The van der Waals surface area contributed by atoms with E-state index in [-0.39, 0.29) is 30.5 Å². The van der Waals surface area contributed by atoms with Crippen molar-refractivity contribution in [3.8, 4) is 0 Å². The van der Waals surface area contributed by atoms with Crippen LogP contribution < -0.4 is 5.73 Å². The molecule has 122 valence electrons. The summed E-state index contributed by atoms with van der Waals surface area (Å²) >= 11 is 0. The number of hydrogen-bond donors (Lipinski definition) is 2. The molecule has 22 heavy (non-hydrogen) atoms. The summed E-state index contributed by atoms with van der Waals surface area (Å²) in [6.07, 6.45) is 0. The van der Waals surface area contributed by atoms with Gasteiger partial charge in [0.15, 0.2) is 5.84 Å². The van der Waals surface area contributed by atoms with Crippen LogP contribution in [0.25, 0.3) is 0 Å². The average molecular weight is 311 g/mol. The van der Waals surface area contributed by atoms with E-state index >= 15 is 0 Å². The second-order valence-electron chi connectivity index (χ2n) is 6.02. The Kier molecular flexibility index (Phi) is 5.87. The van der Waals surface area contributed by atoms with Gasteiger partial charge < -0.3 is 15.7 Å². The van der Waals surface area contributed by atoms with Crippen molar-refractivity contribution in [2.75, 3.05) is 13.6 Å². The zero-order valence-electron chi connectivity index (χ0n) is 13.3. The number of carbonyl (C=O) groups is 1. The summed E-state index contributed by atoms with van der Waals surface area (Å²) in [6.45, 7) is 5.57. The Morgan fingerprint density at radius 2 is 2.09 bits per heavy atom. The van der Waals surface area contributed by atoms with Gasteiger partial charge >= 0.3 is 5.97 Å². The number of amidine groups is 1. The lowest BCUT2D eigenvalue weighted by atomic mass is 10.1. The minimum absolute atomic E-state index is 0.0191. The van der Waals surface area contributed by atoms with Gasteiger partial charge in [-0.1, -0.05) is 17.3 Å². The van der Waals surface area contributed by atoms with Gasteiger partial charge in [0.1, 0.15) is 11.4 Å². The van der Waals surface area contributed by atoms with Crippen molar-refractivity contribution in [3.05, 3.63) is 35.1 Å². The van der Waals surface area contributed by atoms with Crippen LogP contribution in [0.15, 0.2) is 23.4 Å². The number of nitrogens with zero attached hydrogens (tertiary/aromatic N) is 2. The summed E-state index contributed by atoms with van der Waals surface area (Å²) < 4.78 is 19.5. The van der Waals surface area contributed by atoms with Gasteiger partial charge in [-0.15, -0.1) is 0 Å². The molecule has 0 fully saturated rings. The maximum absolute atomic E-state index is 14.3. The van der Waals surface area contributed by atoms with E-state index in [4.69, 9.17) is 15.7 Å². The number of benzene rings is 1. The van der Waals surface area contributed by atoms with Crippen molar-refractivity contribution in [1.82, 2.24) is 4.90 Å². The zero-order chi connectivity index (χ0) is 16.9. The van der Waals surface area contributed by atoms with Gasteiger partial charge in [-0.3, -0.25) is 9.69 Å². The molecule has 1 rings (SSSR count). The molecule has 0 saturated carbocycles.